The van der Waals surface area contributed by atoms with Crippen LogP contribution in [0.15, 0.2) is 42.5 Å². The number of nitrogens with zero attached hydrogens (tertiary/aromatic N) is 2. The lowest BCUT2D eigenvalue weighted by Crippen LogP contribution is -2.38. The number of ether oxygens (including phenoxy) is 2. The number of methoxy groups -OCH3 is 1. The van der Waals surface area contributed by atoms with Crippen LogP contribution in [0.25, 0.3) is 0 Å². The van der Waals surface area contributed by atoms with E-state index in [4.69, 9.17) is 9.47 Å². The summed E-state index contributed by atoms with van der Waals surface area (Å²) in [7, 11) is 1.59. The number of carbonyl (C=O) groups is 2. The van der Waals surface area contributed by atoms with Crippen LogP contribution in [0, 0.1) is 10.1 Å². The normalized spacial score (nSPS) is 11.7. The smallest absolute Gasteiger partial charge is 0.338 e. The van der Waals surface area contributed by atoms with E-state index >= 15 is 0 Å². The van der Waals surface area contributed by atoms with E-state index in [0.29, 0.717) is 5.75 Å². The summed E-state index contributed by atoms with van der Waals surface area (Å²) in [5.74, 6) is -0.523. The van der Waals surface area contributed by atoms with Crippen molar-refractivity contribution >= 4 is 17.6 Å². The molecule has 9 nitrogen and oxygen atoms in total. The van der Waals surface area contributed by atoms with E-state index in [1.165, 1.54) is 6.07 Å². The number of nitro benzene ring substituents is 1. The average molecular weight is 444 g/mol. The topological polar surface area (TPSA) is 111 Å². The Morgan fingerprint density at radius 3 is 2.38 bits per heavy atom. The summed E-state index contributed by atoms with van der Waals surface area (Å²) in [6.45, 7) is 7.61. The first-order valence-corrected chi connectivity index (χ1v) is 10.5. The monoisotopic (exact) mass is 443 g/mol. The van der Waals surface area contributed by atoms with E-state index in [1.807, 2.05) is 38.1 Å². The van der Waals surface area contributed by atoms with Gasteiger partial charge in [-0.2, -0.15) is 0 Å². The Labute approximate surface area is 187 Å². The number of carbonyl (C=O) groups excluding carboxylic acids is 2. The Bertz CT molecular complexity index is 958. The summed E-state index contributed by atoms with van der Waals surface area (Å²) in [6.07, 6.45) is 0. The summed E-state index contributed by atoms with van der Waals surface area (Å²) in [5, 5.41) is 14.1. The zero-order valence-corrected chi connectivity index (χ0v) is 18.8. The SMILES string of the molecule is CCOC(=O)c1cc(C(=O)NCC(c2cccc(OC)c2)N(CC)CC)cc([N+](=O)[O-])c1. The third-order valence-electron chi connectivity index (χ3n) is 5.09. The number of hydrogen-bond donors (Lipinski definition) is 1. The molecule has 172 valence electrons. The molecule has 0 aromatic heterocycles. The van der Waals surface area contributed by atoms with Crippen LogP contribution in [0.3, 0.4) is 0 Å². The largest absolute Gasteiger partial charge is 0.497 e. The summed E-state index contributed by atoms with van der Waals surface area (Å²) < 4.78 is 10.2. The molecule has 0 fully saturated rings. The minimum atomic E-state index is -0.720. The van der Waals surface area contributed by atoms with Crippen molar-refractivity contribution < 1.29 is 24.0 Å². The van der Waals surface area contributed by atoms with Gasteiger partial charge in [-0.15, -0.1) is 0 Å². The van der Waals surface area contributed by atoms with Gasteiger partial charge in [0.1, 0.15) is 5.75 Å². The molecular weight excluding hydrogens is 414 g/mol. The van der Waals surface area contributed by atoms with E-state index in [-0.39, 0.29) is 36.0 Å². The maximum absolute atomic E-state index is 12.9. The van der Waals surface area contributed by atoms with Gasteiger partial charge in [0.2, 0.25) is 0 Å². The van der Waals surface area contributed by atoms with E-state index in [9.17, 15) is 19.7 Å². The number of rotatable bonds is 11. The van der Waals surface area contributed by atoms with Crippen molar-refractivity contribution in [3.05, 3.63) is 69.3 Å². The highest BCUT2D eigenvalue weighted by molar-refractivity contribution is 5.99. The molecule has 0 aliphatic carbocycles. The van der Waals surface area contributed by atoms with Crippen molar-refractivity contribution in [1.29, 1.82) is 0 Å². The third kappa shape index (κ3) is 6.27. The van der Waals surface area contributed by atoms with Gasteiger partial charge in [-0.05, 0) is 43.8 Å². The number of amides is 1. The first-order chi connectivity index (χ1) is 15.3. The fourth-order valence-electron chi connectivity index (χ4n) is 3.44. The molecule has 2 rings (SSSR count). The highest BCUT2D eigenvalue weighted by Gasteiger charge is 2.22. The number of non-ortho nitro benzene ring substituents is 1. The van der Waals surface area contributed by atoms with Crippen LogP contribution in [-0.2, 0) is 4.74 Å². The Morgan fingerprint density at radius 2 is 1.78 bits per heavy atom. The molecule has 9 heteroatoms. The predicted octanol–water partition coefficient (Wildman–Crippen LogP) is 3.59. The van der Waals surface area contributed by atoms with Crippen LogP contribution in [0.5, 0.6) is 5.75 Å². The number of hydrogen-bond acceptors (Lipinski definition) is 7. The molecule has 0 saturated heterocycles. The summed E-state index contributed by atoms with van der Waals surface area (Å²) in [6, 6.07) is 11.0. The Morgan fingerprint density at radius 1 is 1.09 bits per heavy atom. The van der Waals surface area contributed by atoms with Crippen LogP contribution in [0.2, 0.25) is 0 Å². The Balaban J connectivity index is 2.30. The molecule has 2 aromatic carbocycles. The van der Waals surface area contributed by atoms with Crippen LogP contribution in [-0.4, -0.2) is 55.1 Å². The highest BCUT2D eigenvalue weighted by atomic mass is 16.6. The van der Waals surface area contributed by atoms with Gasteiger partial charge in [-0.1, -0.05) is 26.0 Å². The molecule has 32 heavy (non-hydrogen) atoms. The van der Waals surface area contributed by atoms with Crippen LogP contribution in [0.4, 0.5) is 5.69 Å². The molecule has 1 unspecified atom stereocenters. The summed E-state index contributed by atoms with van der Waals surface area (Å²) in [4.78, 5) is 37.8. The standard InChI is InChI=1S/C23H29N3O6/c1-5-25(6-2)21(16-9-8-10-20(14-16)31-4)15-24-22(27)17-11-18(23(28)32-7-3)13-19(12-17)26(29)30/h8-14,21H,5-7,15H2,1-4H3,(H,24,27). The molecule has 0 spiro atoms. The first-order valence-electron chi connectivity index (χ1n) is 10.5. The van der Waals surface area contributed by atoms with Gasteiger partial charge in [0.05, 0.1) is 30.2 Å². The summed E-state index contributed by atoms with van der Waals surface area (Å²) in [5.41, 5.74) is 0.596. The molecule has 0 aliphatic heterocycles. The molecule has 1 N–H and O–H groups in total. The Kier molecular flexibility index (Phi) is 9.15. The van der Waals surface area contributed by atoms with Crippen LogP contribution < -0.4 is 10.1 Å². The van der Waals surface area contributed by atoms with Gasteiger partial charge in [0, 0.05) is 24.2 Å². The van der Waals surface area contributed by atoms with E-state index in [2.05, 4.69) is 10.2 Å². The Hall–Kier alpha value is -3.46. The second-order valence-electron chi connectivity index (χ2n) is 6.97. The zero-order chi connectivity index (χ0) is 23.7. The fraction of sp³-hybridized carbons (Fsp3) is 0.391. The van der Waals surface area contributed by atoms with Crippen LogP contribution in [0.1, 0.15) is 53.1 Å². The number of benzene rings is 2. The summed E-state index contributed by atoms with van der Waals surface area (Å²) >= 11 is 0. The van der Waals surface area contributed by atoms with Gasteiger partial charge in [0.15, 0.2) is 0 Å². The number of likely N-dealkylation sites (N-methyl/N-ethyl adjacent to an activating group) is 1. The van der Waals surface area contributed by atoms with Gasteiger partial charge < -0.3 is 14.8 Å². The quantitative estimate of drug-likeness (QED) is 0.321. The molecule has 0 saturated carbocycles. The number of esters is 1. The van der Waals surface area contributed by atoms with Crippen molar-refractivity contribution in [2.45, 2.75) is 26.8 Å². The average Bonchev–Trinajstić information content (AvgIpc) is 2.81. The number of nitrogens with one attached hydrogen (secondary N) is 1. The zero-order valence-electron chi connectivity index (χ0n) is 18.8. The maximum Gasteiger partial charge on any atom is 0.338 e. The second kappa shape index (κ2) is 11.8. The predicted molar refractivity (Wildman–Crippen MR) is 120 cm³/mol. The molecule has 2 aromatic rings. The molecule has 1 atom stereocenters. The van der Waals surface area contributed by atoms with Crippen LogP contribution >= 0.6 is 0 Å². The molecule has 0 heterocycles. The molecule has 0 radical (unpaired) electrons. The molecular formula is C23H29N3O6. The van der Waals surface area contributed by atoms with Gasteiger partial charge in [0.25, 0.3) is 11.6 Å². The fourth-order valence-corrected chi connectivity index (χ4v) is 3.44. The highest BCUT2D eigenvalue weighted by Crippen LogP contribution is 2.24. The lowest BCUT2D eigenvalue weighted by molar-refractivity contribution is -0.384. The van der Waals surface area contributed by atoms with Gasteiger partial charge in [-0.3, -0.25) is 19.8 Å². The van der Waals surface area contributed by atoms with E-state index in [1.54, 1.807) is 14.0 Å². The van der Waals surface area contributed by atoms with Crippen molar-refractivity contribution in [2.24, 2.45) is 0 Å². The van der Waals surface area contributed by atoms with Crippen molar-refractivity contribution in [2.75, 3.05) is 33.4 Å². The molecule has 0 bridgehead atoms. The first kappa shape index (κ1) is 24.8. The molecule has 1 amide bonds. The lowest BCUT2D eigenvalue weighted by atomic mass is 10.0. The van der Waals surface area contributed by atoms with Gasteiger partial charge >= 0.3 is 5.97 Å². The van der Waals surface area contributed by atoms with Gasteiger partial charge in [-0.25, -0.2) is 4.79 Å². The van der Waals surface area contributed by atoms with E-state index < -0.39 is 16.8 Å². The lowest BCUT2D eigenvalue weighted by Gasteiger charge is -2.30. The third-order valence-corrected chi connectivity index (χ3v) is 5.09. The second-order valence-corrected chi connectivity index (χ2v) is 6.97. The van der Waals surface area contributed by atoms with Crippen molar-refractivity contribution in [3.8, 4) is 5.75 Å². The van der Waals surface area contributed by atoms with E-state index in [0.717, 1.165) is 30.8 Å². The van der Waals surface area contributed by atoms with Crippen molar-refractivity contribution in [3.63, 3.8) is 0 Å². The minimum absolute atomic E-state index is 0.0196. The number of nitro groups is 1. The van der Waals surface area contributed by atoms with Crippen molar-refractivity contribution in [1.82, 2.24) is 10.2 Å². The minimum Gasteiger partial charge on any atom is -0.497 e. The maximum atomic E-state index is 12.9. The molecule has 0 aliphatic rings.